The van der Waals surface area contributed by atoms with Gasteiger partial charge in [0, 0.05) is 12.7 Å². The SMILES string of the molecule is ClCc1nc2cnccc2n1CC(C1CC1)C1CC1. The van der Waals surface area contributed by atoms with Gasteiger partial charge in [-0.25, -0.2) is 4.98 Å². The van der Waals surface area contributed by atoms with Gasteiger partial charge in [-0.1, -0.05) is 0 Å². The minimum absolute atomic E-state index is 0.483. The molecule has 2 fully saturated rings. The molecule has 0 atom stereocenters. The summed E-state index contributed by atoms with van der Waals surface area (Å²) in [6.07, 6.45) is 9.38. The Hall–Kier alpha value is -1.09. The number of nitrogens with zero attached hydrogens (tertiary/aromatic N) is 3. The molecule has 0 N–H and O–H groups in total. The first-order valence-electron chi connectivity index (χ1n) is 7.22. The number of fused-ring (bicyclic) bond motifs is 1. The molecule has 0 amide bonds. The third-order valence-electron chi connectivity index (χ3n) is 4.60. The number of pyridine rings is 1. The standard InChI is InChI=1S/C15H18ClN3/c16-7-15-18-13-8-17-6-5-14(13)19(15)9-12(10-1-2-10)11-3-4-11/h5-6,8,10-12H,1-4,7,9H2. The fraction of sp³-hybridized carbons (Fsp3) is 0.600. The zero-order valence-corrected chi connectivity index (χ0v) is 11.7. The fourth-order valence-corrected chi connectivity index (χ4v) is 3.48. The molecule has 3 nitrogen and oxygen atoms in total. The molecular weight excluding hydrogens is 258 g/mol. The number of alkyl halides is 1. The van der Waals surface area contributed by atoms with Crippen molar-refractivity contribution < 1.29 is 0 Å². The Morgan fingerprint density at radius 3 is 2.63 bits per heavy atom. The van der Waals surface area contributed by atoms with Crippen LogP contribution in [0.15, 0.2) is 18.5 Å². The van der Waals surface area contributed by atoms with Crippen molar-refractivity contribution in [1.82, 2.24) is 14.5 Å². The van der Waals surface area contributed by atoms with E-state index in [4.69, 9.17) is 11.6 Å². The van der Waals surface area contributed by atoms with Gasteiger partial charge in [-0.05, 0) is 49.5 Å². The summed E-state index contributed by atoms with van der Waals surface area (Å²) in [4.78, 5) is 8.77. The highest BCUT2D eigenvalue weighted by Crippen LogP contribution is 2.50. The lowest BCUT2D eigenvalue weighted by Gasteiger charge is -2.18. The van der Waals surface area contributed by atoms with Gasteiger partial charge in [0.05, 0.1) is 17.6 Å². The number of hydrogen-bond acceptors (Lipinski definition) is 2. The van der Waals surface area contributed by atoms with E-state index >= 15 is 0 Å². The second kappa shape index (κ2) is 4.48. The van der Waals surface area contributed by atoms with Crippen LogP contribution in [0.1, 0.15) is 31.5 Å². The lowest BCUT2D eigenvalue weighted by molar-refractivity contribution is 0.350. The molecule has 0 bridgehead atoms. The molecule has 0 spiro atoms. The molecule has 2 aliphatic rings. The second-order valence-corrected chi connectivity index (χ2v) is 6.24. The van der Waals surface area contributed by atoms with Crippen molar-refractivity contribution >= 4 is 22.6 Å². The molecule has 2 aromatic heterocycles. The van der Waals surface area contributed by atoms with Crippen molar-refractivity contribution in [2.45, 2.75) is 38.1 Å². The number of halogens is 1. The van der Waals surface area contributed by atoms with E-state index in [0.717, 1.165) is 35.6 Å². The van der Waals surface area contributed by atoms with Crippen LogP contribution in [-0.2, 0) is 12.4 Å². The minimum atomic E-state index is 0.483. The van der Waals surface area contributed by atoms with Gasteiger partial charge in [0.1, 0.15) is 11.3 Å². The lowest BCUT2D eigenvalue weighted by Crippen LogP contribution is -2.16. The van der Waals surface area contributed by atoms with Crippen molar-refractivity contribution in [2.24, 2.45) is 17.8 Å². The van der Waals surface area contributed by atoms with Gasteiger partial charge in [0.2, 0.25) is 0 Å². The number of aromatic nitrogens is 3. The summed E-state index contributed by atoms with van der Waals surface area (Å²) in [7, 11) is 0. The number of hydrogen-bond donors (Lipinski definition) is 0. The molecule has 2 heterocycles. The molecule has 4 rings (SSSR count). The molecular formula is C15H18ClN3. The topological polar surface area (TPSA) is 30.7 Å². The highest BCUT2D eigenvalue weighted by molar-refractivity contribution is 6.16. The zero-order chi connectivity index (χ0) is 12.8. The molecule has 0 aromatic carbocycles. The lowest BCUT2D eigenvalue weighted by atomic mass is 9.98. The predicted molar refractivity (Wildman–Crippen MR) is 76.0 cm³/mol. The summed E-state index contributed by atoms with van der Waals surface area (Å²) in [5, 5.41) is 0. The van der Waals surface area contributed by atoms with Crippen LogP contribution in [0.2, 0.25) is 0 Å². The van der Waals surface area contributed by atoms with E-state index in [-0.39, 0.29) is 0 Å². The maximum absolute atomic E-state index is 6.07. The van der Waals surface area contributed by atoms with Crippen molar-refractivity contribution in [3.05, 3.63) is 24.3 Å². The van der Waals surface area contributed by atoms with Crippen molar-refractivity contribution in [2.75, 3.05) is 0 Å². The van der Waals surface area contributed by atoms with Crippen molar-refractivity contribution in [3.8, 4) is 0 Å². The molecule has 0 saturated heterocycles. The molecule has 100 valence electrons. The molecule has 4 heteroatoms. The van der Waals surface area contributed by atoms with E-state index in [0.29, 0.717) is 5.88 Å². The normalized spacial score (nSPS) is 19.5. The van der Waals surface area contributed by atoms with E-state index in [1.807, 2.05) is 12.4 Å². The third-order valence-corrected chi connectivity index (χ3v) is 4.84. The summed E-state index contributed by atoms with van der Waals surface area (Å²) in [5.41, 5.74) is 2.17. The summed E-state index contributed by atoms with van der Waals surface area (Å²) in [5.74, 6) is 4.23. The third kappa shape index (κ3) is 2.14. The van der Waals surface area contributed by atoms with Crippen LogP contribution in [0.25, 0.3) is 11.0 Å². The first kappa shape index (κ1) is 11.7. The van der Waals surface area contributed by atoms with E-state index in [1.54, 1.807) is 0 Å². The highest BCUT2D eigenvalue weighted by atomic mass is 35.5. The second-order valence-electron chi connectivity index (χ2n) is 5.98. The molecule has 2 aromatic rings. The van der Waals surface area contributed by atoms with Crippen LogP contribution in [0.5, 0.6) is 0 Å². The Morgan fingerprint density at radius 1 is 1.26 bits per heavy atom. The Labute approximate surface area is 118 Å². The van der Waals surface area contributed by atoms with Crippen LogP contribution in [0, 0.1) is 17.8 Å². The average molecular weight is 276 g/mol. The number of imidazole rings is 1. The summed E-state index contributed by atoms with van der Waals surface area (Å²) < 4.78 is 2.34. The quantitative estimate of drug-likeness (QED) is 0.781. The molecule has 2 aliphatic carbocycles. The van der Waals surface area contributed by atoms with E-state index < -0.39 is 0 Å². The first-order chi connectivity index (χ1) is 9.36. The van der Waals surface area contributed by atoms with E-state index in [9.17, 15) is 0 Å². The van der Waals surface area contributed by atoms with Crippen LogP contribution in [0.4, 0.5) is 0 Å². The van der Waals surface area contributed by atoms with Crippen LogP contribution < -0.4 is 0 Å². The zero-order valence-electron chi connectivity index (χ0n) is 10.9. The van der Waals surface area contributed by atoms with Gasteiger partial charge in [-0.15, -0.1) is 11.6 Å². The van der Waals surface area contributed by atoms with Crippen LogP contribution >= 0.6 is 11.6 Å². The minimum Gasteiger partial charge on any atom is -0.327 e. The molecule has 2 saturated carbocycles. The predicted octanol–water partition coefficient (Wildman–Crippen LogP) is 3.61. The summed E-state index contributed by atoms with van der Waals surface area (Å²) >= 11 is 6.07. The smallest absolute Gasteiger partial charge is 0.124 e. The van der Waals surface area contributed by atoms with Crippen molar-refractivity contribution in [3.63, 3.8) is 0 Å². The summed E-state index contributed by atoms with van der Waals surface area (Å²) in [6.45, 7) is 1.10. The Morgan fingerprint density at radius 2 is 2.00 bits per heavy atom. The monoisotopic (exact) mass is 275 g/mol. The Balaban J connectivity index is 1.72. The van der Waals surface area contributed by atoms with Crippen LogP contribution in [0.3, 0.4) is 0 Å². The molecule has 0 unspecified atom stereocenters. The van der Waals surface area contributed by atoms with Gasteiger partial charge in [-0.2, -0.15) is 0 Å². The van der Waals surface area contributed by atoms with E-state index in [1.165, 1.54) is 31.2 Å². The average Bonchev–Trinajstić information content (AvgIpc) is 3.33. The molecule has 19 heavy (non-hydrogen) atoms. The largest absolute Gasteiger partial charge is 0.327 e. The number of rotatable bonds is 5. The first-order valence-corrected chi connectivity index (χ1v) is 7.75. The fourth-order valence-electron chi connectivity index (χ4n) is 3.28. The molecule has 0 radical (unpaired) electrons. The van der Waals surface area contributed by atoms with Crippen molar-refractivity contribution in [1.29, 1.82) is 0 Å². The van der Waals surface area contributed by atoms with Crippen LogP contribution in [-0.4, -0.2) is 14.5 Å². The van der Waals surface area contributed by atoms with Gasteiger partial charge >= 0.3 is 0 Å². The highest BCUT2D eigenvalue weighted by Gasteiger charge is 2.41. The van der Waals surface area contributed by atoms with Gasteiger partial charge < -0.3 is 4.57 Å². The Kier molecular flexibility index (Phi) is 2.76. The maximum Gasteiger partial charge on any atom is 0.124 e. The van der Waals surface area contributed by atoms with Gasteiger partial charge in [0.15, 0.2) is 0 Å². The Bertz CT molecular complexity index is 586. The summed E-state index contributed by atoms with van der Waals surface area (Å²) in [6, 6.07) is 2.06. The maximum atomic E-state index is 6.07. The van der Waals surface area contributed by atoms with Gasteiger partial charge in [-0.3, -0.25) is 4.98 Å². The van der Waals surface area contributed by atoms with E-state index in [2.05, 4.69) is 20.6 Å². The molecule has 0 aliphatic heterocycles. The van der Waals surface area contributed by atoms with Gasteiger partial charge in [0.25, 0.3) is 0 Å².